The van der Waals surface area contributed by atoms with Gasteiger partial charge in [-0.2, -0.15) is 0 Å². The summed E-state index contributed by atoms with van der Waals surface area (Å²) in [6, 6.07) is 0. The Kier molecular flexibility index (Phi) is 6.45. The van der Waals surface area contributed by atoms with E-state index in [2.05, 4.69) is 16.6 Å². The molecule has 0 heterocycles. The lowest BCUT2D eigenvalue weighted by atomic mass is 10.4. The molecule has 3 heteroatoms. The summed E-state index contributed by atoms with van der Waals surface area (Å²) >= 11 is 0. The van der Waals surface area contributed by atoms with Crippen LogP contribution in [0.4, 0.5) is 0 Å². The van der Waals surface area contributed by atoms with Crippen LogP contribution in [0, 0.1) is 12.3 Å². The molecule has 0 fully saturated rings. The number of rotatable bonds is 5. The zero-order valence-corrected chi connectivity index (χ0v) is 6.81. The van der Waals surface area contributed by atoms with Gasteiger partial charge in [-0.05, 0) is 6.42 Å². The Balaban J connectivity index is 3.17. The van der Waals surface area contributed by atoms with Gasteiger partial charge < -0.3 is 5.32 Å². The van der Waals surface area contributed by atoms with Crippen molar-refractivity contribution >= 4 is 5.91 Å². The summed E-state index contributed by atoms with van der Waals surface area (Å²) in [6.07, 6.45) is 5.93. The maximum absolute atomic E-state index is 10.8. The van der Waals surface area contributed by atoms with Crippen molar-refractivity contribution in [2.24, 2.45) is 0 Å². The van der Waals surface area contributed by atoms with E-state index >= 15 is 0 Å². The van der Waals surface area contributed by atoms with Crippen LogP contribution < -0.4 is 10.6 Å². The molecule has 0 saturated carbocycles. The number of hydrogen-bond acceptors (Lipinski definition) is 2. The molecule has 0 bridgehead atoms. The molecule has 0 aliphatic heterocycles. The molecule has 1 amide bonds. The lowest BCUT2D eigenvalue weighted by molar-refractivity contribution is -0.120. The summed E-state index contributed by atoms with van der Waals surface area (Å²) in [7, 11) is 0. The van der Waals surface area contributed by atoms with Gasteiger partial charge in [-0.25, -0.2) is 0 Å². The topological polar surface area (TPSA) is 41.1 Å². The van der Waals surface area contributed by atoms with Crippen LogP contribution in [0.5, 0.6) is 0 Å². The third-order valence-corrected chi connectivity index (χ3v) is 1.08. The summed E-state index contributed by atoms with van der Waals surface area (Å²) in [6.45, 7) is 3.50. The number of amides is 1. The van der Waals surface area contributed by atoms with E-state index in [-0.39, 0.29) is 5.91 Å². The molecule has 0 radical (unpaired) electrons. The zero-order chi connectivity index (χ0) is 8.53. The molecule has 0 aliphatic rings. The molecular weight excluding hydrogens is 140 g/mol. The van der Waals surface area contributed by atoms with Gasteiger partial charge in [-0.15, -0.1) is 6.42 Å². The van der Waals surface area contributed by atoms with Crippen molar-refractivity contribution in [2.45, 2.75) is 13.3 Å². The summed E-state index contributed by atoms with van der Waals surface area (Å²) in [4.78, 5) is 10.8. The Morgan fingerprint density at radius 1 is 1.64 bits per heavy atom. The van der Waals surface area contributed by atoms with Crippen LogP contribution >= 0.6 is 0 Å². The van der Waals surface area contributed by atoms with Gasteiger partial charge in [0.1, 0.15) is 0 Å². The van der Waals surface area contributed by atoms with Crippen molar-refractivity contribution < 1.29 is 4.79 Å². The highest BCUT2D eigenvalue weighted by Crippen LogP contribution is 1.69. The average molecular weight is 154 g/mol. The Morgan fingerprint density at radius 2 is 2.36 bits per heavy atom. The minimum atomic E-state index is 0.00194. The molecule has 0 aliphatic carbocycles. The van der Waals surface area contributed by atoms with E-state index < -0.39 is 0 Å². The summed E-state index contributed by atoms with van der Waals surface area (Å²) in [5, 5.41) is 5.52. The first kappa shape index (κ1) is 9.99. The first-order valence-corrected chi connectivity index (χ1v) is 3.72. The molecule has 3 nitrogen and oxygen atoms in total. The molecule has 0 atom stereocenters. The van der Waals surface area contributed by atoms with Gasteiger partial charge in [0.05, 0.1) is 13.1 Å². The van der Waals surface area contributed by atoms with Gasteiger partial charge >= 0.3 is 0 Å². The maximum Gasteiger partial charge on any atom is 0.233 e. The Hall–Kier alpha value is -1.01. The van der Waals surface area contributed by atoms with Gasteiger partial charge in [0.2, 0.25) is 5.91 Å². The SMILES string of the molecule is C#CCNCC(=O)NCCC. The number of terminal acetylenes is 1. The lowest BCUT2D eigenvalue weighted by Crippen LogP contribution is -2.34. The molecular formula is C8H14N2O. The van der Waals surface area contributed by atoms with E-state index in [1.807, 2.05) is 6.92 Å². The van der Waals surface area contributed by atoms with E-state index in [1.54, 1.807) is 0 Å². The normalized spacial score (nSPS) is 8.73. The monoisotopic (exact) mass is 154 g/mol. The van der Waals surface area contributed by atoms with Crippen molar-refractivity contribution in [3.8, 4) is 12.3 Å². The molecule has 0 aromatic carbocycles. The van der Waals surface area contributed by atoms with Crippen LogP contribution in [-0.4, -0.2) is 25.5 Å². The number of nitrogens with one attached hydrogen (secondary N) is 2. The molecule has 62 valence electrons. The third-order valence-electron chi connectivity index (χ3n) is 1.08. The fraction of sp³-hybridized carbons (Fsp3) is 0.625. The standard InChI is InChI=1S/C8H14N2O/c1-3-5-9-7-8(11)10-6-4-2/h1,9H,4-7H2,2H3,(H,10,11). The van der Waals surface area contributed by atoms with Gasteiger partial charge in [0.25, 0.3) is 0 Å². The first-order valence-electron chi connectivity index (χ1n) is 3.72. The van der Waals surface area contributed by atoms with E-state index in [0.29, 0.717) is 13.1 Å². The minimum absolute atomic E-state index is 0.00194. The molecule has 0 rings (SSSR count). The van der Waals surface area contributed by atoms with Crippen LogP contribution in [0.1, 0.15) is 13.3 Å². The largest absolute Gasteiger partial charge is 0.355 e. The van der Waals surface area contributed by atoms with Crippen LogP contribution in [0.2, 0.25) is 0 Å². The van der Waals surface area contributed by atoms with Crippen molar-refractivity contribution in [1.82, 2.24) is 10.6 Å². The van der Waals surface area contributed by atoms with Crippen molar-refractivity contribution in [1.29, 1.82) is 0 Å². The second-order valence-electron chi connectivity index (χ2n) is 2.16. The quantitative estimate of drug-likeness (QED) is 0.423. The van der Waals surface area contributed by atoms with Crippen LogP contribution in [-0.2, 0) is 4.79 Å². The second-order valence-corrected chi connectivity index (χ2v) is 2.16. The van der Waals surface area contributed by atoms with E-state index in [9.17, 15) is 4.79 Å². The Bertz CT molecular complexity index is 149. The third kappa shape index (κ3) is 6.88. The lowest BCUT2D eigenvalue weighted by Gasteiger charge is -2.01. The molecule has 2 N–H and O–H groups in total. The Morgan fingerprint density at radius 3 is 2.91 bits per heavy atom. The first-order chi connectivity index (χ1) is 5.31. The van der Waals surface area contributed by atoms with Gasteiger partial charge in [0, 0.05) is 6.54 Å². The molecule has 11 heavy (non-hydrogen) atoms. The highest BCUT2D eigenvalue weighted by Gasteiger charge is 1.95. The van der Waals surface area contributed by atoms with Gasteiger partial charge in [-0.1, -0.05) is 12.8 Å². The molecule has 0 spiro atoms. The minimum Gasteiger partial charge on any atom is -0.355 e. The summed E-state index contributed by atoms with van der Waals surface area (Å²) < 4.78 is 0. The number of hydrogen-bond donors (Lipinski definition) is 2. The van der Waals surface area contributed by atoms with Crippen molar-refractivity contribution in [3.05, 3.63) is 0 Å². The highest BCUT2D eigenvalue weighted by atomic mass is 16.1. The summed E-state index contributed by atoms with van der Waals surface area (Å²) in [5.41, 5.74) is 0. The Labute approximate surface area is 67.6 Å². The highest BCUT2D eigenvalue weighted by molar-refractivity contribution is 5.77. The van der Waals surface area contributed by atoms with E-state index in [4.69, 9.17) is 6.42 Å². The van der Waals surface area contributed by atoms with Crippen LogP contribution in [0.25, 0.3) is 0 Å². The van der Waals surface area contributed by atoms with E-state index in [0.717, 1.165) is 13.0 Å². The zero-order valence-electron chi connectivity index (χ0n) is 6.81. The predicted molar refractivity (Wildman–Crippen MR) is 45.0 cm³/mol. The second kappa shape index (κ2) is 7.10. The van der Waals surface area contributed by atoms with Gasteiger partial charge in [-0.3, -0.25) is 10.1 Å². The van der Waals surface area contributed by atoms with Crippen molar-refractivity contribution in [3.63, 3.8) is 0 Å². The predicted octanol–water partition coefficient (Wildman–Crippen LogP) is -0.265. The van der Waals surface area contributed by atoms with Crippen LogP contribution in [0.15, 0.2) is 0 Å². The fourth-order valence-corrected chi connectivity index (χ4v) is 0.575. The maximum atomic E-state index is 10.8. The molecule has 0 saturated heterocycles. The molecule has 0 aromatic heterocycles. The van der Waals surface area contributed by atoms with Gasteiger partial charge in [0.15, 0.2) is 0 Å². The molecule has 0 aromatic rings. The summed E-state index contributed by atoms with van der Waals surface area (Å²) in [5.74, 6) is 2.39. The van der Waals surface area contributed by atoms with E-state index in [1.165, 1.54) is 0 Å². The number of carbonyl (C=O) groups excluding carboxylic acids is 1. The number of carbonyl (C=O) groups is 1. The average Bonchev–Trinajstić information content (AvgIpc) is 2.01. The smallest absolute Gasteiger partial charge is 0.233 e. The fourth-order valence-electron chi connectivity index (χ4n) is 0.575. The van der Waals surface area contributed by atoms with Crippen molar-refractivity contribution in [2.75, 3.05) is 19.6 Å². The van der Waals surface area contributed by atoms with Crippen LogP contribution in [0.3, 0.4) is 0 Å². The molecule has 0 unspecified atom stereocenters.